The van der Waals surface area contributed by atoms with E-state index in [4.69, 9.17) is 14.2 Å². The molecular weight excluding hydrogens is 301 g/mol. The van der Waals surface area contributed by atoms with Crippen molar-refractivity contribution in [3.05, 3.63) is 35.9 Å². The zero-order valence-electron chi connectivity index (χ0n) is 12.3. The summed E-state index contributed by atoms with van der Waals surface area (Å²) in [6, 6.07) is 9.23. The maximum atomic E-state index is 12.7. The second-order valence-electron chi connectivity index (χ2n) is 5.63. The molecule has 1 fully saturated rings. The smallest absolute Gasteiger partial charge is 0.381 e. The third kappa shape index (κ3) is 4.42. The minimum Gasteiger partial charge on any atom is -0.381 e. The van der Waals surface area contributed by atoms with E-state index in [1.165, 1.54) is 13.8 Å². The van der Waals surface area contributed by atoms with Gasteiger partial charge in [-0.2, -0.15) is 13.2 Å². The lowest BCUT2D eigenvalue weighted by Gasteiger charge is -2.24. The average molecular weight is 320 g/mol. The normalized spacial score (nSPS) is 26.1. The molecule has 1 aliphatic rings. The van der Waals surface area contributed by atoms with Gasteiger partial charge in [0.1, 0.15) is 12.2 Å². The summed E-state index contributed by atoms with van der Waals surface area (Å²) in [6.07, 6.45) is -9.88. The van der Waals surface area contributed by atoms with Crippen molar-refractivity contribution < 1.29 is 32.5 Å². The number of halogens is 3. The van der Waals surface area contributed by atoms with Gasteiger partial charge in [0.2, 0.25) is 0 Å². The molecule has 3 atom stereocenters. The molecule has 1 N–H and O–H groups in total. The Morgan fingerprint density at radius 2 is 1.86 bits per heavy atom. The highest BCUT2D eigenvalue weighted by Crippen LogP contribution is 2.35. The van der Waals surface area contributed by atoms with Gasteiger partial charge in [-0.1, -0.05) is 30.3 Å². The first-order valence-corrected chi connectivity index (χ1v) is 6.91. The van der Waals surface area contributed by atoms with Gasteiger partial charge in [0.25, 0.3) is 0 Å². The maximum absolute atomic E-state index is 12.7. The molecule has 1 saturated heterocycles. The van der Waals surface area contributed by atoms with Gasteiger partial charge in [-0.25, -0.2) is 0 Å². The molecule has 1 heterocycles. The van der Waals surface area contributed by atoms with Crippen LogP contribution in [0.4, 0.5) is 13.2 Å². The summed E-state index contributed by atoms with van der Waals surface area (Å²) in [5, 5.41) is 9.42. The second kappa shape index (κ2) is 6.54. The largest absolute Gasteiger partial charge is 0.417 e. The zero-order valence-corrected chi connectivity index (χ0v) is 12.3. The summed E-state index contributed by atoms with van der Waals surface area (Å²) in [5.74, 6) is -1.20. The predicted molar refractivity (Wildman–Crippen MR) is 72.0 cm³/mol. The van der Waals surface area contributed by atoms with Crippen LogP contribution in [-0.4, -0.2) is 42.0 Å². The van der Waals surface area contributed by atoms with Crippen molar-refractivity contribution >= 4 is 0 Å². The fraction of sp³-hybridized carbons (Fsp3) is 0.600. The number of benzene rings is 1. The number of hydrogen-bond acceptors (Lipinski definition) is 4. The van der Waals surface area contributed by atoms with Crippen LogP contribution in [0, 0.1) is 0 Å². The van der Waals surface area contributed by atoms with Crippen LogP contribution in [0.3, 0.4) is 0 Å². The minimum atomic E-state index is -4.77. The van der Waals surface area contributed by atoms with Gasteiger partial charge in [-0.15, -0.1) is 0 Å². The number of alkyl halides is 3. The van der Waals surface area contributed by atoms with E-state index in [1.54, 1.807) is 0 Å². The summed E-state index contributed by atoms with van der Waals surface area (Å²) in [7, 11) is 0. The van der Waals surface area contributed by atoms with E-state index in [-0.39, 0.29) is 13.2 Å². The van der Waals surface area contributed by atoms with E-state index in [9.17, 15) is 18.3 Å². The van der Waals surface area contributed by atoms with Gasteiger partial charge >= 0.3 is 6.18 Å². The van der Waals surface area contributed by atoms with Gasteiger partial charge in [0, 0.05) is 0 Å². The lowest BCUT2D eigenvalue weighted by Crippen LogP contribution is -2.46. The first kappa shape index (κ1) is 17.2. The van der Waals surface area contributed by atoms with Crippen molar-refractivity contribution in [2.75, 3.05) is 6.61 Å². The second-order valence-corrected chi connectivity index (χ2v) is 5.63. The molecule has 4 nitrogen and oxygen atoms in total. The molecule has 1 aliphatic heterocycles. The Labute approximate surface area is 126 Å². The van der Waals surface area contributed by atoms with Crippen LogP contribution in [0.1, 0.15) is 19.4 Å². The molecule has 1 aromatic carbocycles. The summed E-state index contributed by atoms with van der Waals surface area (Å²) in [6.45, 7) is 3.15. The fourth-order valence-electron chi connectivity index (χ4n) is 2.31. The van der Waals surface area contributed by atoms with Crippen LogP contribution in [0.5, 0.6) is 0 Å². The van der Waals surface area contributed by atoms with E-state index < -0.39 is 30.3 Å². The third-order valence-corrected chi connectivity index (χ3v) is 3.26. The highest BCUT2D eigenvalue weighted by molar-refractivity contribution is 5.13. The molecule has 0 spiro atoms. The molecule has 0 aliphatic carbocycles. The molecule has 22 heavy (non-hydrogen) atoms. The fourth-order valence-corrected chi connectivity index (χ4v) is 2.31. The first-order chi connectivity index (χ1) is 10.2. The Hall–Kier alpha value is -1.15. The number of hydrogen-bond donors (Lipinski definition) is 1. The van der Waals surface area contributed by atoms with Crippen molar-refractivity contribution in [2.45, 2.75) is 50.7 Å². The summed E-state index contributed by atoms with van der Waals surface area (Å²) < 4.78 is 54.1. The first-order valence-electron chi connectivity index (χ1n) is 6.91. The third-order valence-electron chi connectivity index (χ3n) is 3.26. The van der Waals surface area contributed by atoms with Crippen LogP contribution in [0.25, 0.3) is 0 Å². The Morgan fingerprint density at radius 3 is 2.45 bits per heavy atom. The molecule has 0 unspecified atom stereocenters. The van der Waals surface area contributed by atoms with Gasteiger partial charge in [0.15, 0.2) is 11.9 Å². The van der Waals surface area contributed by atoms with Gasteiger partial charge in [0.05, 0.1) is 13.2 Å². The Bertz CT molecular complexity index is 475. The molecule has 2 rings (SSSR count). The number of ether oxygens (including phenoxy) is 3. The number of rotatable bonds is 5. The van der Waals surface area contributed by atoms with Crippen molar-refractivity contribution in [1.82, 2.24) is 0 Å². The van der Waals surface area contributed by atoms with Crippen molar-refractivity contribution in [2.24, 2.45) is 0 Å². The van der Waals surface area contributed by atoms with E-state index in [0.717, 1.165) is 5.56 Å². The van der Waals surface area contributed by atoms with Crippen LogP contribution >= 0.6 is 0 Å². The van der Waals surface area contributed by atoms with E-state index in [1.807, 2.05) is 30.3 Å². The molecule has 0 saturated carbocycles. The standard InChI is InChI=1S/C15H19F3O4/c1-14(2)21-11(12(22-14)13(19)15(16,17)18)9-20-8-10-6-4-3-5-7-10/h3-7,11-13,19H,8-9H2,1-2H3/t11-,12-,13-/m0/s1. The lowest BCUT2D eigenvalue weighted by atomic mass is 10.1. The number of aliphatic hydroxyl groups is 1. The molecule has 0 aromatic heterocycles. The highest BCUT2D eigenvalue weighted by Gasteiger charge is 2.53. The highest BCUT2D eigenvalue weighted by atomic mass is 19.4. The zero-order chi connectivity index (χ0) is 16.4. The summed E-state index contributed by atoms with van der Waals surface area (Å²) in [5.41, 5.74) is 0.897. The summed E-state index contributed by atoms with van der Waals surface area (Å²) in [4.78, 5) is 0. The predicted octanol–water partition coefficient (Wildman–Crippen LogP) is 2.65. The van der Waals surface area contributed by atoms with Gasteiger partial charge in [-0.05, 0) is 19.4 Å². The van der Waals surface area contributed by atoms with Crippen LogP contribution in [-0.2, 0) is 20.8 Å². The maximum Gasteiger partial charge on any atom is 0.417 e. The average Bonchev–Trinajstić information content (AvgIpc) is 2.73. The van der Waals surface area contributed by atoms with E-state index in [0.29, 0.717) is 0 Å². The molecule has 0 amide bonds. The monoisotopic (exact) mass is 320 g/mol. The molecule has 7 heteroatoms. The van der Waals surface area contributed by atoms with Crippen molar-refractivity contribution in [3.8, 4) is 0 Å². The van der Waals surface area contributed by atoms with Gasteiger partial charge in [-0.3, -0.25) is 0 Å². The molecule has 1 aromatic rings. The van der Waals surface area contributed by atoms with E-state index >= 15 is 0 Å². The van der Waals surface area contributed by atoms with Crippen LogP contribution in [0.15, 0.2) is 30.3 Å². The van der Waals surface area contributed by atoms with Crippen molar-refractivity contribution in [1.29, 1.82) is 0 Å². The lowest BCUT2D eigenvalue weighted by molar-refractivity contribution is -0.242. The Morgan fingerprint density at radius 1 is 1.23 bits per heavy atom. The molecule has 0 radical (unpaired) electrons. The van der Waals surface area contributed by atoms with Crippen LogP contribution < -0.4 is 0 Å². The van der Waals surface area contributed by atoms with Gasteiger partial charge < -0.3 is 19.3 Å². The minimum absolute atomic E-state index is 0.101. The Kier molecular flexibility index (Phi) is 5.11. The molecule has 0 bridgehead atoms. The SMILES string of the molecule is CC1(C)O[C@H]([C@H](O)C(F)(F)F)[C@H](COCc2ccccc2)O1. The molecular formula is C15H19F3O4. The Balaban J connectivity index is 1.95. The summed E-state index contributed by atoms with van der Waals surface area (Å²) >= 11 is 0. The van der Waals surface area contributed by atoms with Crippen molar-refractivity contribution in [3.63, 3.8) is 0 Å². The van der Waals surface area contributed by atoms with Crippen LogP contribution in [0.2, 0.25) is 0 Å². The topological polar surface area (TPSA) is 47.9 Å². The number of aliphatic hydroxyl groups excluding tert-OH is 1. The quantitative estimate of drug-likeness (QED) is 0.906. The van der Waals surface area contributed by atoms with E-state index in [2.05, 4.69) is 0 Å². The molecule has 124 valence electrons.